The average molecular weight is 507 g/mol. The number of ketones is 1. The number of Topliss-reactive ketones (excluding diaryl/α,β-unsaturated/α-hetero) is 1. The van der Waals surface area contributed by atoms with Gasteiger partial charge in [-0.3, -0.25) is 4.79 Å². The van der Waals surface area contributed by atoms with Crippen molar-refractivity contribution in [3.05, 3.63) is 118 Å². The molecule has 2 aliphatic carbocycles. The molecule has 3 unspecified atom stereocenters. The molecule has 0 amide bonds. The van der Waals surface area contributed by atoms with Crippen molar-refractivity contribution in [2.24, 2.45) is 5.92 Å². The number of carbonyl (C=O) groups excluding carboxylic acids is 2. The van der Waals surface area contributed by atoms with Crippen molar-refractivity contribution >= 4 is 17.3 Å². The van der Waals surface area contributed by atoms with Gasteiger partial charge in [0, 0.05) is 23.8 Å². The van der Waals surface area contributed by atoms with Crippen LogP contribution in [-0.2, 0) is 25.5 Å². The number of ether oxygens (including phenoxy) is 3. The van der Waals surface area contributed by atoms with Gasteiger partial charge in [-0.15, -0.1) is 6.58 Å². The van der Waals surface area contributed by atoms with Gasteiger partial charge in [0.2, 0.25) is 5.78 Å². The lowest BCUT2D eigenvalue weighted by Crippen LogP contribution is -2.29. The van der Waals surface area contributed by atoms with E-state index in [0.717, 1.165) is 46.4 Å². The minimum absolute atomic E-state index is 0.137. The van der Waals surface area contributed by atoms with Crippen LogP contribution in [0.1, 0.15) is 54.4 Å². The third kappa shape index (κ3) is 3.94. The minimum atomic E-state index is -0.648. The lowest BCUT2D eigenvalue weighted by molar-refractivity contribution is -0.139. The van der Waals surface area contributed by atoms with E-state index in [1.165, 1.54) is 5.56 Å². The van der Waals surface area contributed by atoms with E-state index >= 15 is 0 Å². The first kappa shape index (κ1) is 24.2. The van der Waals surface area contributed by atoms with Gasteiger partial charge in [-0.1, -0.05) is 48.6 Å². The Kier molecular flexibility index (Phi) is 6.15. The van der Waals surface area contributed by atoms with E-state index in [0.29, 0.717) is 23.7 Å². The van der Waals surface area contributed by atoms with Crippen LogP contribution >= 0.6 is 0 Å². The molecule has 192 valence electrons. The number of hydrogen-bond acceptors (Lipinski definition) is 5. The Morgan fingerprint density at radius 3 is 2.84 bits per heavy atom. The Labute approximate surface area is 222 Å². The first-order valence-electron chi connectivity index (χ1n) is 13.2. The smallest absolute Gasteiger partial charge is 0.334 e. The number of carbonyl (C=O) groups is 2. The van der Waals surface area contributed by atoms with E-state index in [4.69, 9.17) is 14.2 Å². The fourth-order valence-corrected chi connectivity index (χ4v) is 6.12. The second-order valence-corrected chi connectivity index (χ2v) is 10.1. The van der Waals surface area contributed by atoms with Crippen molar-refractivity contribution in [2.75, 3.05) is 13.2 Å². The van der Waals surface area contributed by atoms with Crippen LogP contribution in [0.25, 0.3) is 5.57 Å². The van der Waals surface area contributed by atoms with E-state index in [2.05, 4.69) is 24.8 Å². The summed E-state index contributed by atoms with van der Waals surface area (Å²) in [7, 11) is 0. The summed E-state index contributed by atoms with van der Waals surface area (Å²) in [5.41, 5.74) is 6.50. The van der Waals surface area contributed by atoms with Gasteiger partial charge < -0.3 is 14.2 Å². The molecule has 2 aromatic carbocycles. The molecule has 0 saturated carbocycles. The van der Waals surface area contributed by atoms with Crippen LogP contribution in [0.15, 0.2) is 96.0 Å². The Morgan fingerprint density at radius 1 is 1.18 bits per heavy atom. The highest BCUT2D eigenvalue weighted by atomic mass is 16.5. The van der Waals surface area contributed by atoms with Gasteiger partial charge in [0.15, 0.2) is 5.76 Å². The predicted molar refractivity (Wildman–Crippen MR) is 145 cm³/mol. The molecule has 0 bridgehead atoms. The third-order valence-electron chi connectivity index (χ3n) is 7.82. The van der Waals surface area contributed by atoms with Gasteiger partial charge in [0.05, 0.1) is 19.1 Å². The maximum absolute atomic E-state index is 14.0. The summed E-state index contributed by atoms with van der Waals surface area (Å²) in [6, 6.07) is 14.2. The molecule has 6 rings (SSSR count). The van der Waals surface area contributed by atoms with Crippen LogP contribution in [0.5, 0.6) is 5.75 Å². The van der Waals surface area contributed by atoms with Crippen molar-refractivity contribution in [2.45, 2.75) is 38.5 Å². The lowest BCUT2D eigenvalue weighted by Gasteiger charge is -2.29. The fourth-order valence-electron chi connectivity index (χ4n) is 6.12. The second-order valence-electron chi connectivity index (χ2n) is 10.1. The average Bonchev–Trinajstić information content (AvgIpc) is 3.60. The van der Waals surface area contributed by atoms with Gasteiger partial charge in [0.1, 0.15) is 11.5 Å². The van der Waals surface area contributed by atoms with E-state index < -0.39 is 17.8 Å². The number of rotatable bonds is 6. The van der Waals surface area contributed by atoms with Gasteiger partial charge in [-0.2, -0.15) is 0 Å². The number of benzene rings is 2. The monoisotopic (exact) mass is 506 g/mol. The molecule has 1 saturated heterocycles. The van der Waals surface area contributed by atoms with Crippen LogP contribution in [0.4, 0.5) is 0 Å². The maximum atomic E-state index is 14.0. The molecule has 0 radical (unpaired) electrons. The highest BCUT2D eigenvalue weighted by Crippen LogP contribution is 2.50. The van der Waals surface area contributed by atoms with Crippen LogP contribution in [-0.4, -0.2) is 25.0 Å². The second kappa shape index (κ2) is 9.64. The van der Waals surface area contributed by atoms with Crippen molar-refractivity contribution in [3.8, 4) is 5.75 Å². The lowest BCUT2D eigenvalue weighted by atomic mass is 9.73. The SMILES string of the molecule is C=CCC1C=C(/C=C2\OC3=CC(C)=C(C(=O)OCC)C(c4ccc5c(c4)OCC5)C3C2=O)c2ccccc21. The summed E-state index contributed by atoms with van der Waals surface area (Å²) >= 11 is 0. The predicted octanol–water partition coefficient (Wildman–Crippen LogP) is 6.34. The van der Waals surface area contributed by atoms with Crippen LogP contribution < -0.4 is 4.74 Å². The Bertz CT molecular complexity index is 1480. The largest absolute Gasteiger partial charge is 0.493 e. The molecule has 3 atom stereocenters. The first-order valence-corrected chi connectivity index (χ1v) is 13.2. The topological polar surface area (TPSA) is 61.8 Å². The highest BCUT2D eigenvalue weighted by molar-refractivity contribution is 6.05. The summed E-state index contributed by atoms with van der Waals surface area (Å²) < 4.78 is 17.5. The summed E-state index contributed by atoms with van der Waals surface area (Å²) in [5, 5.41) is 0. The molecular formula is C33H30O5. The minimum Gasteiger partial charge on any atom is -0.493 e. The van der Waals surface area contributed by atoms with Crippen LogP contribution in [0.3, 0.4) is 0 Å². The Balaban J connectivity index is 1.42. The van der Waals surface area contributed by atoms with Gasteiger partial charge in [-0.25, -0.2) is 4.79 Å². The number of hydrogen-bond donors (Lipinski definition) is 0. The zero-order valence-corrected chi connectivity index (χ0v) is 21.7. The first-order chi connectivity index (χ1) is 18.5. The summed E-state index contributed by atoms with van der Waals surface area (Å²) in [6.07, 6.45) is 9.43. The third-order valence-corrected chi connectivity index (χ3v) is 7.82. The van der Waals surface area contributed by atoms with Crippen molar-refractivity contribution < 1.29 is 23.8 Å². The summed E-state index contributed by atoms with van der Waals surface area (Å²) in [5.74, 6) is 0.161. The Hall–Kier alpha value is -4.12. The summed E-state index contributed by atoms with van der Waals surface area (Å²) in [4.78, 5) is 27.2. The summed E-state index contributed by atoms with van der Waals surface area (Å²) in [6.45, 7) is 8.45. The molecule has 2 aromatic rings. The van der Waals surface area contributed by atoms with E-state index in [-0.39, 0.29) is 18.3 Å². The quantitative estimate of drug-likeness (QED) is 0.260. The highest BCUT2D eigenvalue weighted by Gasteiger charge is 2.48. The molecule has 5 nitrogen and oxygen atoms in total. The van der Waals surface area contributed by atoms with Crippen molar-refractivity contribution in [1.82, 2.24) is 0 Å². The zero-order chi connectivity index (χ0) is 26.4. The number of fused-ring (bicyclic) bond motifs is 3. The van der Waals surface area contributed by atoms with Gasteiger partial charge in [0.25, 0.3) is 0 Å². The van der Waals surface area contributed by atoms with Gasteiger partial charge in [-0.05, 0) is 71.9 Å². The van der Waals surface area contributed by atoms with E-state index in [1.54, 1.807) is 6.92 Å². The maximum Gasteiger partial charge on any atom is 0.334 e. The molecular weight excluding hydrogens is 476 g/mol. The molecule has 0 aromatic heterocycles. The van der Waals surface area contributed by atoms with Gasteiger partial charge >= 0.3 is 5.97 Å². The fraction of sp³-hybridized carbons (Fsp3) is 0.273. The molecule has 1 fully saturated rings. The molecule has 0 N–H and O–H groups in total. The normalized spacial score (nSPS) is 24.2. The number of esters is 1. The standard InChI is InChI=1S/C33H30O5/c1-4-8-21-16-23(25-10-7-6-9-24(21)25)18-28-32(34)31-27(38-28)15-19(3)29(33(35)36-5-2)30(31)22-12-11-20-13-14-37-26(20)17-22/h4,6-7,9-12,15-18,21,30-31H,1,5,8,13-14H2,2-3H3/b28-18-. The van der Waals surface area contributed by atoms with E-state index in [1.807, 2.05) is 55.5 Å². The van der Waals surface area contributed by atoms with E-state index in [9.17, 15) is 9.59 Å². The molecule has 2 heterocycles. The van der Waals surface area contributed by atoms with Crippen LogP contribution in [0, 0.1) is 5.92 Å². The molecule has 0 spiro atoms. The van der Waals surface area contributed by atoms with Crippen molar-refractivity contribution in [1.29, 1.82) is 0 Å². The molecule has 4 aliphatic rings. The van der Waals surface area contributed by atoms with Crippen molar-refractivity contribution in [3.63, 3.8) is 0 Å². The molecule has 2 aliphatic heterocycles. The Morgan fingerprint density at radius 2 is 2.03 bits per heavy atom. The number of allylic oxidation sites excluding steroid dienone is 8. The molecule has 38 heavy (non-hydrogen) atoms. The van der Waals surface area contributed by atoms with Crippen LogP contribution in [0.2, 0.25) is 0 Å². The molecule has 5 heteroatoms. The zero-order valence-electron chi connectivity index (χ0n) is 21.7.